The van der Waals surface area contributed by atoms with Crippen molar-refractivity contribution in [1.82, 2.24) is 14.9 Å². The Morgan fingerprint density at radius 2 is 2.15 bits per heavy atom. The van der Waals surface area contributed by atoms with Crippen molar-refractivity contribution >= 4 is 28.5 Å². The molecule has 0 spiro atoms. The van der Waals surface area contributed by atoms with Gasteiger partial charge >= 0.3 is 0 Å². The van der Waals surface area contributed by atoms with Crippen LogP contribution < -0.4 is 4.90 Å². The predicted octanol–water partition coefficient (Wildman–Crippen LogP) is 3.94. The SMILES string of the molecule is C[C@@H]1CN(CCF)CCN1c1c(C#N)cc2nc(SC(C)(C)C)[nH]c2c1F. The van der Waals surface area contributed by atoms with Crippen molar-refractivity contribution in [2.45, 2.75) is 43.6 Å². The first-order valence-electron chi connectivity index (χ1n) is 9.09. The van der Waals surface area contributed by atoms with Crippen LogP contribution in [0.15, 0.2) is 11.2 Å². The van der Waals surface area contributed by atoms with Gasteiger partial charge < -0.3 is 9.88 Å². The molecule has 0 bridgehead atoms. The molecule has 1 N–H and O–H groups in total. The van der Waals surface area contributed by atoms with E-state index in [2.05, 4.69) is 36.8 Å². The number of benzene rings is 1. The Bertz CT molecular complexity index is 868. The lowest BCUT2D eigenvalue weighted by Crippen LogP contribution is -2.52. The van der Waals surface area contributed by atoms with E-state index in [1.54, 1.807) is 6.07 Å². The maximum absolute atomic E-state index is 15.4. The number of rotatable bonds is 4. The van der Waals surface area contributed by atoms with Gasteiger partial charge in [-0.1, -0.05) is 32.5 Å². The lowest BCUT2D eigenvalue weighted by Gasteiger charge is -2.41. The molecule has 0 amide bonds. The van der Waals surface area contributed by atoms with Crippen molar-refractivity contribution in [3.8, 4) is 6.07 Å². The van der Waals surface area contributed by atoms with Gasteiger partial charge in [0, 0.05) is 37.0 Å². The summed E-state index contributed by atoms with van der Waals surface area (Å²) in [4.78, 5) is 11.5. The Kier molecular flexibility index (Phi) is 5.63. The quantitative estimate of drug-likeness (QED) is 0.797. The zero-order valence-electron chi connectivity index (χ0n) is 16.1. The predicted molar refractivity (Wildman–Crippen MR) is 106 cm³/mol. The molecule has 0 saturated carbocycles. The van der Waals surface area contributed by atoms with E-state index in [9.17, 15) is 9.65 Å². The molecule has 2 aromatic rings. The molecule has 2 heterocycles. The summed E-state index contributed by atoms with van der Waals surface area (Å²) in [5.74, 6) is -0.442. The van der Waals surface area contributed by atoms with Crippen LogP contribution in [-0.4, -0.2) is 58.5 Å². The molecule has 1 aromatic carbocycles. The normalized spacial score (nSPS) is 18.9. The van der Waals surface area contributed by atoms with E-state index in [4.69, 9.17) is 0 Å². The number of thioether (sulfide) groups is 1. The number of nitrogens with zero attached hydrogens (tertiary/aromatic N) is 4. The van der Waals surface area contributed by atoms with Gasteiger partial charge in [0.2, 0.25) is 0 Å². The molecule has 146 valence electrons. The number of hydrogen-bond donors (Lipinski definition) is 1. The summed E-state index contributed by atoms with van der Waals surface area (Å²) in [6, 6.07) is 3.76. The van der Waals surface area contributed by atoms with Gasteiger partial charge in [0.1, 0.15) is 18.3 Å². The number of piperazine rings is 1. The molecule has 27 heavy (non-hydrogen) atoms. The highest BCUT2D eigenvalue weighted by Gasteiger charge is 2.29. The average Bonchev–Trinajstić information content (AvgIpc) is 2.96. The van der Waals surface area contributed by atoms with Crippen LogP contribution >= 0.6 is 11.8 Å². The third-order valence-corrected chi connectivity index (χ3v) is 5.60. The second kappa shape index (κ2) is 7.64. The van der Waals surface area contributed by atoms with Crippen molar-refractivity contribution in [2.75, 3.05) is 37.8 Å². The summed E-state index contributed by atoms with van der Waals surface area (Å²) in [6.07, 6.45) is 0. The Labute approximate surface area is 162 Å². The fraction of sp³-hybridized carbons (Fsp3) is 0.579. The van der Waals surface area contributed by atoms with Gasteiger partial charge in [-0.2, -0.15) is 5.26 Å². The fourth-order valence-corrected chi connectivity index (χ4v) is 4.35. The number of H-pyrrole nitrogens is 1. The molecule has 0 radical (unpaired) electrons. The van der Waals surface area contributed by atoms with Gasteiger partial charge in [-0.25, -0.2) is 13.8 Å². The lowest BCUT2D eigenvalue weighted by molar-refractivity contribution is 0.210. The topological polar surface area (TPSA) is 58.9 Å². The fourth-order valence-electron chi connectivity index (χ4n) is 3.47. The zero-order chi connectivity index (χ0) is 19.8. The van der Waals surface area contributed by atoms with E-state index in [0.29, 0.717) is 48.1 Å². The van der Waals surface area contributed by atoms with Crippen LogP contribution in [0.4, 0.5) is 14.5 Å². The number of aromatic amines is 1. The average molecular weight is 394 g/mol. The van der Waals surface area contributed by atoms with Crippen molar-refractivity contribution in [3.05, 3.63) is 17.4 Å². The standard InChI is InChI=1S/C19H25F2N5S/c1-12-11-25(6-5-20)7-8-26(12)17-13(10-22)9-14-16(15(17)21)24-18(23-14)27-19(2,3)4/h9,12H,5-8,11H2,1-4H3,(H,23,24)/t12-/m1/s1. The van der Waals surface area contributed by atoms with Crippen LogP contribution in [0.25, 0.3) is 11.0 Å². The molecule has 8 heteroatoms. The summed E-state index contributed by atoms with van der Waals surface area (Å²) in [6.45, 7) is 9.99. The van der Waals surface area contributed by atoms with Crippen molar-refractivity contribution in [2.24, 2.45) is 0 Å². The zero-order valence-corrected chi connectivity index (χ0v) is 17.0. The number of fused-ring (bicyclic) bond motifs is 1. The highest BCUT2D eigenvalue weighted by molar-refractivity contribution is 8.00. The van der Waals surface area contributed by atoms with Crippen molar-refractivity contribution in [3.63, 3.8) is 0 Å². The number of anilines is 1. The van der Waals surface area contributed by atoms with Crippen molar-refractivity contribution in [1.29, 1.82) is 5.26 Å². The van der Waals surface area contributed by atoms with Crippen LogP contribution in [0.1, 0.15) is 33.3 Å². The van der Waals surface area contributed by atoms with Crippen LogP contribution in [0.2, 0.25) is 0 Å². The summed E-state index contributed by atoms with van der Waals surface area (Å²) in [5.41, 5.74) is 1.38. The molecule has 0 aliphatic carbocycles. The molecule has 1 atom stereocenters. The molecule has 1 saturated heterocycles. The summed E-state index contributed by atoms with van der Waals surface area (Å²) in [5, 5.41) is 10.2. The van der Waals surface area contributed by atoms with E-state index >= 15 is 4.39 Å². The Hall–Kier alpha value is -1.85. The third kappa shape index (κ3) is 4.19. The minimum Gasteiger partial charge on any atom is -0.363 e. The van der Waals surface area contributed by atoms with Crippen molar-refractivity contribution < 1.29 is 8.78 Å². The highest BCUT2D eigenvalue weighted by Crippen LogP contribution is 2.36. The Morgan fingerprint density at radius 1 is 1.41 bits per heavy atom. The maximum atomic E-state index is 15.4. The van der Waals surface area contributed by atoms with E-state index in [0.717, 1.165) is 0 Å². The minimum atomic E-state index is -0.442. The lowest BCUT2D eigenvalue weighted by atomic mass is 10.1. The van der Waals surface area contributed by atoms with Gasteiger partial charge in [-0.15, -0.1) is 0 Å². The third-order valence-electron chi connectivity index (χ3n) is 4.60. The number of nitriles is 1. The van der Waals surface area contributed by atoms with Gasteiger partial charge in [0.05, 0.1) is 16.8 Å². The minimum absolute atomic E-state index is 0.0179. The Morgan fingerprint density at radius 3 is 2.74 bits per heavy atom. The Balaban J connectivity index is 2.00. The van der Waals surface area contributed by atoms with Gasteiger partial charge in [-0.05, 0) is 13.0 Å². The maximum Gasteiger partial charge on any atom is 0.173 e. The van der Waals surface area contributed by atoms with E-state index in [1.807, 2.05) is 16.7 Å². The molecule has 1 fully saturated rings. The molecular formula is C19H25F2N5S. The molecule has 3 rings (SSSR count). The smallest absolute Gasteiger partial charge is 0.173 e. The second-order valence-electron chi connectivity index (χ2n) is 7.88. The first kappa shape index (κ1) is 19.9. The molecular weight excluding hydrogens is 368 g/mol. The molecule has 1 aliphatic rings. The van der Waals surface area contributed by atoms with E-state index in [-0.39, 0.29) is 16.4 Å². The molecule has 1 aliphatic heterocycles. The summed E-state index contributed by atoms with van der Waals surface area (Å²) >= 11 is 1.52. The second-order valence-corrected chi connectivity index (χ2v) is 9.70. The highest BCUT2D eigenvalue weighted by atomic mass is 32.2. The molecule has 1 aromatic heterocycles. The van der Waals surface area contributed by atoms with E-state index < -0.39 is 12.5 Å². The number of halogens is 2. The van der Waals surface area contributed by atoms with Crippen LogP contribution in [0.5, 0.6) is 0 Å². The first-order chi connectivity index (χ1) is 12.7. The number of imidazole rings is 1. The first-order valence-corrected chi connectivity index (χ1v) is 9.91. The van der Waals surface area contributed by atoms with Gasteiger partial charge in [-0.3, -0.25) is 4.90 Å². The summed E-state index contributed by atoms with van der Waals surface area (Å²) in [7, 11) is 0. The molecule has 5 nitrogen and oxygen atoms in total. The van der Waals surface area contributed by atoms with Crippen LogP contribution in [0.3, 0.4) is 0 Å². The summed E-state index contributed by atoms with van der Waals surface area (Å²) < 4.78 is 28.0. The van der Waals surface area contributed by atoms with Crippen LogP contribution in [0, 0.1) is 17.1 Å². The molecule has 0 unspecified atom stereocenters. The monoisotopic (exact) mass is 393 g/mol. The van der Waals surface area contributed by atoms with E-state index in [1.165, 1.54) is 11.8 Å². The number of alkyl halides is 1. The largest absolute Gasteiger partial charge is 0.363 e. The van der Waals surface area contributed by atoms with Gasteiger partial charge in [0.25, 0.3) is 0 Å². The van der Waals surface area contributed by atoms with Gasteiger partial charge in [0.15, 0.2) is 11.0 Å². The number of hydrogen-bond acceptors (Lipinski definition) is 5. The number of aromatic nitrogens is 2. The van der Waals surface area contributed by atoms with Crippen LogP contribution in [-0.2, 0) is 0 Å². The number of nitrogens with one attached hydrogen (secondary N) is 1.